The van der Waals surface area contributed by atoms with E-state index >= 15 is 0 Å². The van der Waals surface area contributed by atoms with Crippen LogP contribution >= 0.6 is 7.26 Å². The smallest absolute Gasteiger partial charge is 0.286 e. The van der Waals surface area contributed by atoms with Crippen LogP contribution in [0.1, 0.15) is 12.8 Å². The van der Waals surface area contributed by atoms with Crippen molar-refractivity contribution >= 4 is 35.0 Å². The van der Waals surface area contributed by atoms with Crippen molar-refractivity contribution in [1.29, 1.82) is 0 Å². The third-order valence-corrected chi connectivity index (χ3v) is 10.7. The Morgan fingerprint density at radius 3 is 1.67 bits per heavy atom. The number of carbonyl (C=O) groups is 2. The largest absolute Gasteiger partial charge is 0.326 e. The lowest BCUT2D eigenvalue weighted by molar-refractivity contribution is -0.144. The molecule has 2 fully saturated rings. The maximum Gasteiger partial charge on any atom is 0.286 e. The lowest BCUT2D eigenvalue weighted by atomic mass is 10.2. The highest BCUT2D eigenvalue weighted by molar-refractivity contribution is 7.96. The van der Waals surface area contributed by atoms with Crippen molar-refractivity contribution < 1.29 is 9.59 Å². The standard InChI is InChI=1S/C25H23N2O2P/c28-23-22-17-10-18-27(22)25(29)24(26-23)30(19-11-4-1-5-12-19,20-13-6-2-7-14-20)21-15-8-3-9-16-21/h1-9,11-16,22,24H,10,17-18H2/p+1/t22-,24+/m0/s1. The monoisotopic (exact) mass is 415 g/mol. The van der Waals surface area contributed by atoms with Crippen molar-refractivity contribution in [3.63, 3.8) is 0 Å². The fourth-order valence-electron chi connectivity index (χ4n) is 4.90. The van der Waals surface area contributed by atoms with Crippen LogP contribution in [0.2, 0.25) is 0 Å². The molecule has 5 rings (SSSR count). The van der Waals surface area contributed by atoms with Gasteiger partial charge >= 0.3 is 0 Å². The Morgan fingerprint density at radius 2 is 1.20 bits per heavy atom. The van der Waals surface area contributed by atoms with Gasteiger partial charge in [-0.15, -0.1) is 0 Å². The molecule has 0 radical (unpaired) electrons. The van der Waals surface area contributed by atoms with Crippen LogP contribution in [0.25, 0.3) is 0 Å². The Hall–Kier alpha value is -2.97. The molecule has 4 nitrogen and oxygen atoms in total. The molecule has 2 aliphatic heterocycles. The highest BCUT2D eigenvalue weighted by Crippen LogP contribution is 2.60. The summed E-state index contributed by atoms with van der Waals surface area (Å²) in [7, 11) is -2.49. The van der Waals surface area contributed by atoms with E-state index in [0.717, 1.165) is 28.8 Å². The van der Waals surface area contributed by atoms with Crippen LogP contribution in [-0.2, 0) is 9.59 Å². The number of nitrogens with zero attached hydrogens (tertiary/aromatic N) is 1. The minimum absolute atomic E-state index is 0.0238. The highest BCUT2D eigenvalue weighted by atomic mass is 31.2. The zero-order valence-corrected chi connectivity index (χ0v) is 17.5. The molecule has 3 aromatic rings. The summed E-state index contributed by atoms with van der Waals surface area (Å²) in [6.07, 6.45) is 1.63. The number of hydrogen-bond donors (Lipinski definition) is 1. The van der Waals surface area contributed by atoms with Crippen LogP contribution < -0.4 is 21.2 Å². The van der Waals surface area contributed by atoms with Gasteiger partial charge in [0.25, 0.3) is 5.91 Å². The predicted octanol–water partition coefficient (Wildman–Crippen LogP) is 2.43. The summed E-state index contributed by atoms with van der Waals surface area (Å²) in [5.41, 5.74) is 0. The fourth-order valence-corrected chi connectivity index (χ4v) is 9.42. The van der Waals surface area contributed by atoms with Gasteiger partial charge in [-0.1, -0.05) is 54.6 Å². The summed E-state index contributed by atoms with van der Waals surface area (Å²) < 4.78 is 0. The van der Waals surface area contributed by atoms with Crippen LogP contribution in [-0.4, -0.2) is 35.1 Å². The first kappa shape index (κ1) is 19.0. The van der Waals surface area contributed by atoms with E-state index in [0.29, 0.717) is 6.54 Å². The van der Waals surface area contributed by atoms with Gasteiger partial charge < -0.3 is 10.2 Å². The van der Waals surface area contributed by atoms with Gasteiger partial charge in [-0.05, 0) is 49.2 Å². The number of carbonyl (C=O) groups excluding carboxylic acids is 2. The second kappa shape index (κ2) is 7.70. The number of amides is 2. The normalized spacial score (nSPS) is 21.3. The molecule has 0 spiro atoms. The molecule has 0 unspecified atom stereocenters. The maximum atomic E-state index is 13.9. The van der Waals surface area contributed by atoms with Crippen molar-refractivity contribution in [2.24, 2.45) is 0 Å². The molecule has 1 N–H and O–H groups in total. The summed E-state index contributed by atoms with van der Waals surface area (Å²) in [5, 5.41) is 6.48. The quantitative estimate of drug-likeness (QED) is 0.666. The molecule has 2 heterocycles. The van der Waals surface area contributed by atoms with Crippen molar-refractivity contribution in [2.75, 3.05) is 6.54 Å². The lowest BCUT2D eigenvalue weighted by Crippen LogP contribution is -2.64. The summed E-state index contributed by atoms with van der Waals surface area (Å²) in [6.45, 7) is 0.659. The Bertz CT molecular complexity index is 960. The topological polar surface area (TPSA) is 49.4 Å². The van der Waals surface area contributed by atoms with E-state index in [1.165, 1.54) is 0 Å². The molecule has 3 aromatic carbocycles. The van der Waals surface area contributed by atoms with Crippen molar-refractivity contribution in [2.45, 2.75) is 24.7 Å². The zero-order valence-electron chi connectivity index (χ0n) is 16.6. The first-order valence-corrected chi connectivity index (χ1v) is 12.2. The molecule has 0 bridgehead atoms. The summed E-state index contributed by atoms with van der Waals surface area (Å²) in [6, 6.07) is 30.4. The summed E-state index contributed by atoms with van der Waals surface area (Å²) in [5.74, 6) is -0.585. The SMILES string of the molecule is O=C1N[C@H]([P+](c2ccccc2)(c2ccccc2)c2ccccc2)C(=O)N2CCC[C@@H]12. The van der Waals surface area contributed by atoms with Crippen LogP contribution in [0.15, 0.2) is 91.0 Å². The maximum absolute atomic E-state index is 13.9. The van der Waals surface area contributed by atoms with E-state index in [4.69, 9.17) is 0 Å². The van der Waals surface area contributed by atoms with Crippen LogP contribution in [0, 0.1) is 0 Å². The third kappa shape index (κ3) is 2.86. The van der Waals surface area contributed by atoms with Gasteiger partial charge in [-0.3, -0.25) is 9.59 Å². The molecular formula is C25H24N2O2P+. The summed E-state index contributed by atoms with van der Waals surface area (Å²) in [4.78, 5) is 28.8. The minimum atomic E-state index is -2.49. The Kier molecular flexibility index (Phi) is 4.88. The second-order valence-electron chi connectivity index (χ2n) is 7.83. The van der Waals surface area contributed by atoms with Crippen molar-refractivity contribution in [3.05, 3.63) is 91.0 Å². The molecule has 2 atom stereocenters. The lowest BCUT2D eigenvalue weighted by Gasteiger charge is -2.40. The number of rotatable bonds is 4. The van der Waals surface area contributed by atoms with Crippen LogP contribution in [0.5, 0.6) is 0 Å². The Morgan fingerprint density at radius 1 is 0.733 bits per heavy atom. The third-order valence-electron chi connectivity index (χ3n) is 6.23. The van der Waals surface area contributed by atoms with E-state index in [-0.39, 0.29) is 17.9 Å². The van der Waals surface area contributed by atoms with Crippen LogP contribution in [0.4, 0.5) is 0 Å². The van der Waals surface area contributed by atoms with Gasteiger partial charge in [-0.25, -0.2) is 0 Å². The van der Waals surface area contributed by atoms with Gasteiger partial charge in [-0.2, -0.15) is 0 Å². The number of piperazine rings is 1. The first-order valence-electron chi connectivity index (χ1n) is 10.4. The van der Waals surface area contributed by atoms with E-state index in [1.54, 1.807) is 0 Å². The second-order valence-corrected chi connectivity index (χ2v) is 11.3. The zero-order chi connectivity index (χ0) is 20.6. The average molecular weight is 415 g/mol. The number of nitrogens with one attached hydrogen (secondary N) is 1. The fraction of sp³-hybridized carbons (Fsp3) is 0.200. The number of fused-ring (bicyclic) bond motifs is 1. The van der Waals surface area contributed by atoms with Gasteiger partial charge in [0.1, 0.15) is 29.2 Å². The highest BCUT2D eigenvalue weighted by Gasteiger charge is 2.61. The molecule has 0 aliphatic carbocycles. The minimum Gasteiger partial charge on any atom is -0.326 e. The molecule has 2 saturated heterocycles. The van der Waals surface area contributed by atoms with E-state index < -0.39 is 13.0 Å². The molecule has 5 heteroatoms. The van der Waals surface area contributed by atoms with Crippen molar-refractivity contribution in [3.8, 4) is 0 Å². The van der Waals surface area contributed by atoms with Gasteiger partial charge in [0.2, 0.25) is 11.7 Å². The number of benzene rings is 3. The molecule has 2 aliphatic rings. The number of hydrogen-bond acceptors (Lipinski definition) is 2. The molecule has 30 heavy (non-hydrogen) atoms. The van der Waals surface area contributed by atoms with Crippen LogP contribution in [0.3, 0.4) is 0 Å². The van der Waals surface area contributed by atoms with Gasteiger partial charge in [0.15, 0.2) is 0 Å². The van der Waals surface area contributed by atoms with E-state index in [9.17, 15) is 9.59 Å². The predicted molar refractivity (Wildman–Crippen MR) is 122 cm³/mol. The average Bonchev–Trinajstić information content (AvgIpc) is 3.31. The molecule has 0 aromatic heterocycles. The van der Waals surface area contributed by atoms with Crippen molar-refractivity contribution in [1.82, 2.24) is 10.2 Å². The molecular weight excluding hydrogens is 391 g/mol. The van der Waals surface area contributed by atoms with E-state index in [2.05, 4.69) is 41.7 Å². The Balaban J connectivity index is 1.80. The first-order chi connectivity index (χ1) is 14.7. The summed E-state index contributed by atoms with van der Waals surface area (Å²) >= 11 is 0. The van der Waals surface area contributed by atoms with Gasteiger partial charge in [0.05, 0.1) is 0 Å². The molecule has 0 saturated carbocycles. The Labute approximate surface area is 177 Å². The van der Waals surface area contributed by atoms with E-state index in [1.807, 2.05) is 59.5 Å². The molecule has 2 amide bonds. The van der Waals surface area contributed by atoms with Gasteiger partial charge in [0, 0.05) is 6.54 Å². The molecule has 150 valence electrons.